The van der Waals surface area contributed by atoms with E-state index in [0.717, 1.165) is 28.4 Å². The van der Waals surface area contributed by atoms with Crippen molar-refractivity contribution < 1.29 is 0 Å². The lowest BCUT2D eigenvalue weighted by molar-refractivity contribution is 0.617. The zero-order valence-corrected chi connectivity index (χ0v) is 11.7. The molecule has 2 rings (SSSR count). The summed E-state index contributed by atoms with van der Waals surface area (Å²) in [6, 6.07) is 6.25. The van der Waals surface area contributed by atoms with Crippen LogP contribution < -0.4 is 5.32 Å². The van der Waals surface area contributed by atoms with E-state index in [9.17, 15) is 0 Å². The largest absolute Gasteiger partial charge is 0.340 e. The third-order valence-electron chi connectivity index (χ3n) is 2.96. The van der Waals surface area contributed by atoms with Gasteiger partial charge in [-0.25, -0.2) is 4.98 Å². The second-order valence-corrected chi connectivity index (χ2v) is 4.87. The van der Waals surface area contributed by atoms with Crippen molar-refractivity contribution in [3.8, 4) is 0 Å². The maximum absolute atomic E-state index is 6.20. The lowest BCUT2D eigenvalue weighted by atomic mass is 10.0. The molecule has 96 valence electrons. The molecule has 4 heteroatoms. The van der Waals surface area contributed by atoms with Crippen molar-refractivity contribution in [2.45, 2.75) is 19.9 Å². The summed E-state index contributed by atoms with van der Waals surface area (Å²) in [5.74, 6) is 0. The third kappa shape index (κ3) is 2.74. The lowest BCUT2D eigenvalue weighted by Crippen LogP contribution is -2.22. The molecule has 1 aromatic carbocycles. The summed E-state index contributed by atoms with van der Waals surface area (Å²) < 4.78 is 1.95. The van der Waals surface area contributed by atoms with E-state index in [1.807, 2.05) is 43.2 Å². The highest BCUT2D eigenvalue weighted by Crippen LogP contribution is 2.25. The first-order chi connectivity index (χ1) is 8.61. The molecule has 1 N–H and O–H groups in total. The van der Waals surface area contributed by atoms with Crippen LogP contribution in [0, 0.1) is 6.92 Å². The lowest BCUT2D eigenvalue weighted by Gasteiger charge is -2.17. The molecule has 1 heterocycles. The average Bonchev–Trinajstić information content (AvgIpc) is 2.76. The van der Waals surface area contributed by atoms with Crippen LogP contribution >= 0.6 is 11.6 Å². The summed E-state index contributed by atoms with van der Waals surface area (Å²) in [4.78, 5) is 4.42. The van der Waals surface area contributed by atoms with E-state index in [2.05, 4.69) is 23.3 Å². The number of imidazole rings is 1. The molecule has 1 unspecified atom stereocenters. The molecule has 2 aromatic rings. The SMILES string of the molecule is CCNC(c1ccc(C)c(Cl)c1)c1cn(C)cn1. The smallest absolute Gasteiger partial charge is 0.0947 e. The number of nitrogens with zero attached hydrogens (tertiary/aromatic N) is 2. The van der Waals surface area contributed by atoms with Crippen LogP contribution in [0.15, 0.2) is 30.7 Å². The molecule has 0 radical (unpaired) electrons. The van der Waals surface area contributed by atoms with Crippen LogP contribution in [0.2, 0.25) is 5.02 Å². The van der Waals surface area contributed by atoms with Crippen LogP contribution in [0.4, 0.5) is 0 Å². The number of nitrogens with one attached hydrogen (secondary N) is 1. The monoisotopic (exact) mass is 263 g/mol. The number of hydrogen-bond donors (Lipinski definition) is 1. The molecule has 1 atom stereocenters. The number of halogens is 1. The number of rotatable bonds is 4. The van der Waals surface area contributed by atoms with Crippen molar-refractivity contribution in [1.82, 2.24) is 14.9 Å². The highest BCUT2D eigenvalue weighted by atomic mass is 35.5. The Morgan fingerprint density at radius 3 is 2.78 bits per heavy atom. The van der Waals surface area contributed by atoms with Crippen molar-refractivity contribution in [2.24, 2.45) is 7.05 Å². The summed E-state index contributed by atoms with van der Waals surface area (Å²) in [6.07, 6.45) is 3.84. The Morgan fingerprint density at radius 1 is 1.44 bits per heavy atom. The molecular formula is C14H18ClN3. The zero-order valence-electron chi connectivity index (χ0n) is 10.9. The molecule has 0 bridgehead atoms. The second kappa shape index (κ2) is 5.55. The van der Waals surface area contributed by atoms with Gasteiger partial charge in [0, 0.05) is 18.3 Å². The van der Waals surface area contributed by atoms with Crippen molar-refractivity contribution in [3.05, 3.63) is 52.6 Å². The Bertz CT molecular complexity index is 534. The van der Waals surface area contributed by atoms with Gasteiger partial charge in [0.2, 0.25) is 0 Å². The van der Waals surface area contributed by atoms with E-state index in [1.165, 1.54) is 0 Å². The highest BCUT2D eigenvalue weighted by molar-refractivity contribution is 6.31. The van der Waals surface area contributed by atoms with Crippen LogP contribution in [0.5, 0.6) is 0 Å². The topological polar surface area (TPSA) is 29.9 Å². The van der Waals surface area contributed by atoms with Crippen LogP contribution in [0.3, 0.4) is 0 Å². The van der Waals surface area contributed by atoms with E-state index in [4.69, 9.17) is 11.6 Å². The van der Waals surface area contributed by atoms with Gasteiger partial charge < -0.3 is 9.88 Å². The van der Waals surface area contributed by atoms with Crippen molar-refractivity contribution in [1.29, 1.82) is 0 Å². The molecule has 0 aliphatic carbocycles. The number of aromatic nitrogens is 2. The molecule has 3 nitrogen and oxygen atoms in total. The number of benzene rings is 1. The Labute approximate surface area is 113 Å². The molecule has 0 saturated carbocycles. The predicted molar refractivity (Wildman–Crippen MR) is 74.9 cm³/mol. The molecule has 18 heavy (non-hydrogen) atoms. The van der Waals surface area contributed by atoms with Gasteiger partial charge in [-0.2, -0.15) is 0 Å². The third-order valence-corrected chi connectivity index (χ3v) is 3.37. The quantitative estimate of drug-likeness (QED) is 0.919. The standard InChI is InChI=1S/C14H18ClN3/c1-4-16-14(13-8-18(3)9-17-13)11-6-5-10(2)12(15)7-11/h5-9,14,16H,4H2,1-3H3. The van der Waals surface area contributed by atoms with Crippen molar-refractivity contribution >= 4 is 11.6 Å². The van der Waals surface area contributed by atoms with E-state index >= 15 is 0 Å². The minimum absolute atomic E-state index is 0.0919. The summed E-state index contributed by atoms with van der Waals surface area (Å²) >= 11 is 6.20. The molecule has 0 amide bonds. The molecule has 0 saturated heterocycles. The second-order valence-electron chi connectivity index (χ2n) is 4.46. The Balaban J connectivity index is 2.37. The normalized spacial score (nSPS) is 12.7. The van der Waals surface area contributed by atoms with Gasteiger partial charge >= 0.3 is 0 Å². The Hall–Kier alpha value is -1.32. The predicted octanol–water partition coefficient (Wildman–Crippen LogP) is 3.08. The Morgan fingerprint density at radius 2 is 2.22 bits per heavy atom. The summed E-state index contributed by atoms with van der Waals surface area (Å²) in [6.45, 7) is 4.98. The first kappa shape index (κ1) is 13.1. The van der Waals surface area contributed by atoms with Gasteiger partial charge in [-0.05, 0) is 30.7 Å². The fourth-order valence-electron chi connectivity index (χ4n) is 1.97. The van der Waals surface area contributed by atoms with Gasteiger partial charge in [0.1, 0.15) is 0 Å². The highest BCUT2D eigenvalue weighted by Gasteiger charge is 2.16. The molecule has 0 aliphatic heterocycles. The summed E-state index contributed by atoms with van der Waals surface area (Å²) in [5.41, 5.74) is 3.25. The molecule has 1 aromatic heterocycles. The van der Waals surface area contributed by atoms with E-state index in [-0.39, 0.29) is 6.04 Å². The zero-order chi connectivity index (χ0) is 13.1. The van der Waals surface area contributed by atoms with E-state index in [1.54, 1.807) is 0 Å². The molecule has 0 fully saturated rings. The number of hydrogen-bond acceptors (Lipinski definition) is 2. The van der Waals surface area contributed by atoms with Crippen LogP contribution in [-0.2, 0) is 7.05 Å². The fourth-order valence-corrected chi connectivity index (χ4v) is 2.16. The van der Waals surface area contributed by atoms with E-state index < -0.39 is 0 Å². The first-order valence-electron chi connectivity index (χ1n) is 6.09. The van der Waals surface area contributed by atoms with Gasteiger partial charge in [0.25, 0.3) is 0 Å². The van der Waals surface area contributed by atoms with Crippen LogP contribution in [0.25, 0.3) is 0 Å². The van der Waals surface area contributed by atoms with Gasteiger partial charge in [-0.15, -0.1) is 0 Å². The minimum Gasteiger partial charge on any atom is -0.340 e. The number of aryl methyl sites for hydroxylation is 2. The van der Waals surface area contributed by atoms with Gasteiger partial charge in [0.05, 0.1) is 18.1 Å². The van der Waals surface area contributed by atoms with Gasteiger partial charge in [-0.1, -0.05) is 30.7 Å². The average molecular weight is 264 g/mol. The maximum Gasteiger partial charge on any atom is 0.0947 e. The molecular weight excluding hydrogens is 246 g/mol. The van der Waals surface area contributed by atoms with E-state index in [0.29, 0.717) is 0 Å². The van der Waals surface area contributed by atoms with Gasteiger partial charge in [0.15, 0.2) is 0 Å². The van der Waals surface area contributed by atoms with Crippen LogP contribution in [0.1, 0.15) is 29.8 Å². The van der Waals surface area contributed by atoms with Crippen LogP contribution in [-0.4, -0.2) is 16.1 Å². The molecule has 0 spiro atoms. The summed E-state index contributed by atoms with van der Waals surface area (Å²) in [7, 11) is 1.97. The van der Waals surface area contributed by atoms with Gasteiger partial charge in [-0.3, -0.25) is 0 Å². The molecule has 0 aliphatic rings. The van der Waals surface area contributed by atoms with Crippen molar-refractivity contribution in [2.75, 3.05) is 6.54 Å². The minimum atomic E-state index is 0.0919. The Kier molecular flexibility index (Phi) is 4.04. The fraction of sp³-hybridized carbons (Fsp3) is 0.357. The maximum atomic E-state index is 6.20. The summed E-state index contributed by atoms with van der Waals surface area (Å²) in [5, 5.41) is 4.24. The first-order valence-corrected chi connectivity index (χ1v) is 6.47. The van der Waals surface area contributed by atoms with Crippen molar-refractivity contribution in [3.63, 3.8) is 0 Å².